The second kappa shape index (κ2) is 8.15. The van der Waals surface area contributed by atoms with Gasteiger partial charge in [0.1, 0.15) is 10.9 Å². The van der Waals surface area contributed by atoms with E-state index in [1.54, 1.807) is 48.8 Å². The van der Waals surface area contributed by atoms with E-state index in [0.717, 1.165) is 5.56 Å². The Bertz CT molecular complexity index is 1440. The summed E-state index contributed by atoms with van der Waals surface area (Å²) in [5, 5.41) is 11.5. The van der Waals surface area contributed by atoms with Crippen molar-refractivity contribution in [1.82, 2.24) is 14.5 Å². The van der Waals surface area contributed by atoms with Crippen molar-refractivity contribution in [3.63, 3.8) is 0 Å². The number of fused-ring (bicyclic) bond motifs is 1. The number of oxazole rings is 1. The second-order valence-electron chi connectivity index (χ2n) is 7.18. The van der Waals surface area contributed by atoms with E-state index in [1.165, 1.54) is 12.3 Å². The minimum atomic E-state index is -0.428. The van der Waals surface area contributed by atoms with Crippen LogP contribution in [0.25, 0.3) is 22.4 Å². The van der Waals surface area contributed by atoms with E-state index in [4.69, 9.17) is 27.6 Å². The van der Waals surface area contributed by atoms with E-state index in [-0.39, 0.29) is 28.1 Å². The van der Waals surface area contributed by atoms with Gasteiger partial charge in [-0.15, -0.1) is 0 Å². The summed E-state index contributed by atoms with van der Waals surface area (Å²) in [6.07, 6.45) is 4.61. The predicted molar refractivity (Wildman–Crippen MR) is 122 cm³/mol. The molecule has 0 atom stereocenters. The highest BCUT2D eigenvalue weighted by atomic mass is 35.5. The summed E-state index contributed by atoms with van der Waals surface area (Å²) in [6, 6.07) is 15.7. The van der Waals surface area contributed by atoms with Crippen molar-refractivity contribution in [2.45, 2.75) is 6.54 Å². The van der Waals surface area contributed by atoms with Crippen molar-refractivity contribution in [3.05, 3.63) is 100 Å². The highest BCUT2D eigenvalue weighted by Gasteiger charge is 2.26. The molecule has 0 amide bonds. The highest BCUT2D eigenvalue weighted by molar-refractivity contribution is 6.37. The molecule has 0 aliphatic heterocycles. The zero-order valence-corrected chi connectivity index (χ0v) is 18.0. The Morgan fingerprint density at radius 1 is 1.06 bits per heavy atom. The maximum Gasteiger partial charge on any atom is 0.233 e. The molecule has 0 aliphatic carbocycles. The molecule has 0 spiro atoms. The van der Waals surface area contributed by atoms with Gasteiger partial charge in [-0.3, -0.25) is 9.78 Å². The van der Waals surface area contributed by atoms with Crippen LogP contribution in [0.2, 0.25) is 10.2 Å². The van der Waals surface area contributed by atoms with Crippen molar-refractivity contribution >= 4 is 39.9 Å². The molecule has 0 fully saturated rings. The molecule has 0 radical (unpaired) electrons. The molecule has 8 heteroatoms. The zero-order valence-electron chi connectivity index (χ0n) is 16.5. The number of halogens is 2. The van der Waals surface area contributed by atoms with Crippen molar-refractivity contribution in [2.24, 2.45) is 0 Å². The third-order valence-corrected chi connectivity index (χ3v) is 5.75. The molecule has 3 aromatic heterocycles. The van der Waals surface area contributed by atoms with Gasteiger partial charge in [-0.05, 0) is 48.0 Å². The number of hydrogen-bond donors (Lipinski definition) is 1. The zero-order chi connectivity index (χ0) is 22.2. The van der Waals surface area contributed by atoms with Gasteiger partial charge in [0.25, 0.3) is 0 Å². The lowest BCUT2D eigenvalue weighted by atomic mass is 10.1. The molecule has 0 unspecified atom stereocenters. The predicted octanol–water partition coefficient (Wildman–Crippen LogP) is 5.98. The number of phenolic OH excluding ortho intramolecular Hbond substituents is 1. The van der Waals surface area contributed by atoms with E-state index in [0.29, 0.717) is 28.0 Å². The first-order chi connectivity index (χ1) is 15.5. The Hall–Kier alpha value is -3.61. The molecule has 1 N–H and O–H groups in total. The fraction of sp³-hybridized carbons (Fsp3) is 0.0417. The van der Waals surface area contributed by atoms with Crippen LogP contribution in [0.15, 0.2) is 77.6 Å². The van der Waals surface area contributed by atoms with Crippen molar-refractivity contribution < 1.29 is 14.3 Å². The van der Waals surface area contributed by atoms with Crippen LogP contribution in [0, 0.1) is 0 Å². The van der Waals surface area contributed by atoms with Crippen molar-refractivity contribution in [3.8, 4) is 17.2 Å². The number of aromatic nitrogens is 3. The first kappa shape index (κ1) is 20.3. The Morgan fingerprint density at radius 2 is 1.88 bits per heavy atom. The SMILES string of the molecule is O=C(c1cnc(-c2cccnc2)o1)c1c(Cl)n(Cc2ccc(Cl)cc2)c2ccc(O)cc12. The van der Waals surface area contributed by atoms with Gasteiger partial charge in [0, 0.05) is 29.3 Å². The molecule has 5 aromatic rings. The average molecular weight is 464 g/mol. The maximum absolute atomic E-state index is 13.4. The molecular weight excluding hydrogens is 449 g/mol. The van der Waals surface area contributed by atoms with Crippen LogP contribution in [0.3, 0.4) is 0 Å². The molecule has 0 saturated carbocycles. The molecule has 5 rings (SSSR count). The lowest BCUT2D eigenvalue weighted by Crippen LogP contribution is -2.03. The first-order valence-corrected chi connectivity index (χ1v) is 10.4. The van der Waals surface area contributed by atoms with Crippen LogP contribution in [-0.4, -0.2) is 25.4 Å². The first-order valence-electron chi connectivity index (χ1n) is 9.67. The monoisotopic (exact) mass is 463 g/mol. The number of benzene rings is 2. The Balaban J connectivity index is 1.60. The summed E-state index contributed by atoms with van der Waals surface area (Å²) in [6.45, 7) is 0.419. The minimum absolute atomic E-state index is 0.0282. The molecule has 32 heavy (non-hydrogen) atoms. The number of ketones is 1. The number of carbonyl (C=O) groups is 1. The van der Waals surface area contributed by atoms with Crippen molar-refractivity contribution in [2.75, 3.05) is 0 Å². The third kappa shape index (κ3) is 3.64. The molecule has 0 bridgehead atoms. The second-order valence-corrected chi connectivity index (χ2v) is 7.97. The fourth-order valence-electron chi connectivity index (χ4n) is 3.58. The normalized spacial score (nSPS) is 11.2. The quantitative estimate of drug-likeness (QED) is 0.324. The minimum Gasteiger partial charge on any atom is -0.508 e. The molecular formula is C24H15Cl2N3O3. The summed E-state index contributed by atoms with van der Waals surface area (Å²) in [5.74, 6) is -0.0754. The number of rotatable bonds is 5. The van der Waals surface area contributed by atoms with Crippen LogP contribution in [0.4, 0.5) is 0 Å². The number of hydrogen-bond acceptors (Lipinski definition) is 5. The number of phenols is 1. The fourth-order valence-corrected chi connectivity index (χ4v) is 4.04. The van der Waals surface area contributed by atoms with E-state index in [9.17, 15) is 9.90 Å². The molecule has 2 aromatic carbocycles. The van der Waals surface area contributed by atoms with Crippen LogP contribution in [0.1, 0.15) is 21.7 Å². The molecule has 158 valence electrons. The highest BCUT2D eigenvalue weighted by Crippen LogP contribution is 2.35. The van der Waals surface area contributed by atoms with E-state index in [2.05, 4.69) is 9.97 Å². The molecule has 0 aliphatic rings. The number of nitrogens with zero attached hydrogens (tertiary/aromatic N) is 3. The Morgan fingerprint density at radius 3 is 2.62 bits per heavy atom. The van der Waals surface area contributed by atoms with E-state index >= 15 is 0 Å². The topological polar surface area (TPSA) is 81.2 Å². The summed E-state index contributed by atoms with van der Waals surface area (Å²) in [7, 11) is 0. The van der Waals surface area contributed by atoms with Gasteiger partial charge < -0.3 is 14.1 Å². The van der Waals surface area contributed by atoms with Gasteiger partial charge >= 0.3 is 0 Å². The van der Waals surface area contributed by atoms with E-state index in [1.807, 2.05) is 16.7 Å². The third-order valence-electron chi connectivity index (χ3n) is 5.10. The lowest BCUT2D eigenvalue weighted by molar-refractivity contribution is 0.101. The van der Waals surface area contributed by atoms with Gasteiger partial charge in [0.15, 0.2) is 5.76 Å². The number of pyridine rings is 1. The Kier molecular flexibility index (Phi) is 5.17. The van der Waals surface area contributed by atoms with E-state index < -0.39 is 5.78 Å². The average Bonchev–Trinajstić information content (AvgIpc) is 3.39. The van der Waals surface area contributed by atoms with Crippen LogP contribution in [-0.2, 0) is 6.54 Å². The summed E-state index contributed by atoms with van der Waals surface area (Å²) < 4.78 is 7.53. The Labute approximate surface area is 192 Å². The van der Waals surface area contributed by atoms with Gasteiger partial charge in [0.2, 0.25) is 11.7 Å². The van der Waals surface area contributed by atoms with Gasteiger partial charge in [-0.2, -0.15) is 0 Å². The number of aromatic hydroxyl groups is 1. The van der Waals surface area contributed by atoms with Gasteiger partial charge in [-0.25, -0.2) is 4.98 Å². The molecule has 3 heterocycles. The summed E-state index contributed by atoms with van der Waals surface area (Å²) >= 11 is 12.7. The van der Waals surface area contributed by atoms with Crippen LogP contribution < -0.4 is 0 Å². The largest absolute Gasteiger partial charge is 0.508 e. The standard InChI is InChI=1S/C24H15Cl2N3O3/c25-16-5-3-14(4-6-16)13-29-19-8-7-17(30)10-18(19)21(23(29)26)22(31)20-12-28-24(32-20)15-2-1-9-27-11-15/h1-12,30H,13H2. The smallest absolute Gasteiger partial charge is 0.233 e. The summed E-state index contributed by atoms with van der Waals surface area (Å²) in [4.78, 5) is 21.6. The van der Waals surface area contributed by atoms with Gasteiger partial charge in [0.05, 0.1) is 22.8 Å². The summed E-state index contributed by atoms with van der Waals surface area (Å²) in [5.41, 5.74) is 2.55. The number of carbonyl (C=O) groups excluding carboxylic acids is 1. The van der Waals surface area contributed by atoms with Crippen LogP contribution >= 0.6 is 23.2 Å². The van der Waals surface area contributed by atoms with Gasteiger partial charge in [-0.1, -0.05) is 35.3 Å². The maximum atomic E-state index is 13.4. The van der Waals surface area contributed by atoms with Crippen molar-refractivity contribution in [1.29, 1.82) is 0 Å². The molecule has 0 saturated heterocycles. The molecule has 6 nitrogen and oxygen atoms in total. The van der Waals surface area contributed by atoms with Crippen LogP contribution in [0.5, 0.6) is 5.75 Å². The lowest BCUT2D eigenvalue weighted by Gasteiger charge is -2.08.